The molecule has 0 aliphatic carbocycles. The van der Waals surface area contributed by atoms with E-state index in [-0.39, 0.29) is 0 Å². The molecule has 6 aromatic rings. The van der Waals surface area contributed by atoms with Gasteiger partial charge in [0, 0.05) is 16.8 Å². The Morgan fingerprint density at radius 2 is 1.09 bits per heavy atom. The summed E-state index contributed by atoms with van der Waals surface area (Å²) in [4.78, 5) is 2.37. The van der Waals surface area contributed by atoms with Gasteiger partial charge in [-0.2, -0.15) is 0 Å². The van der Waals surface area contributed by atoms with Crippen LogP contribution in [0.3, 0.4) is 0 Å². The van der Waals surface area contributed by atoms with Crippen molar-refractivity contribution in [1.29, 1.82) is 0 Å². The molecule has 0 spiro atoms. The van der Waals surface area contributed by atoms with Gasteiger partial charge in [-0.05, 0) is 64.5 Å². The summed E-state index contributed by atoms with van der Waals surface area (Å²) in [6.45, 7) is 2.14. The van der Waals surface area contributed by atoms with Gasteiger partial charge < -0.3 is 4.90 Å². The van der Waals surface area contributed by atoms with E-state index < -0.39 is 0 Å². The van der Waals surface area contributed by atoms with Crippen molar-refractivity contribution >= 4 is 38.6 Å². The minimum absolute atomic E-state index is 1.14. The summed E-state index contributed by atoms with van der Waals surface area (Å²) in [5, 5.41) is 4.98. The molecule has 0 saturated heterocycles. The molecule has 0 heterocycles. The highest BCUT2D eigenvalue weighted by atomic mass is 15.1. The van der Waals surface area contributed by atoms with Crippen LogP contribution in [0.4, 0.5) is 17.1 Å². The predicted molar refractivity (Wildman–Crippen MR) is 146 cm³/mol. The van der Waals surface area contributed by atoms with Crippen LogP contribution in [0.2, 0.25) is 0 Å². The summed E-state index contributed by atoms with van der Waals surface area (Å²) >= 11 is 0. The molecule has 0 unspecified atom stereocenters. The first kappa shape index (κ1) is 20.3. The fourth-order valence-corrected chi connectivity index (χ4v) is 4.76. The molecule has 0 aromatic heterocycles. The van der Waals surface area contributed by atoms with Crippen LogP contribution in [-0.4, -0.2) is 0 Å². The molecular weight excluding hydrogens is 410 g/mol. The van der Waals surface area contributed by atoms with Crippen LogP contribution in [0.1, 0.15) is 5.56 Å². The van der Waals surface area contributed by atoms with Crippen molar-refractivity contribution in [2.45, 2.75) is 6.92 Å². The first-order chi connectivity index (χ1) is 16.8. The second-order valence-corrected chi connectivity index (χ2v) is 8.78. The van der Waals surface area contributed by atoms with Crippen molar-refractivity contribution in [3.05, 3.63) is 139 Å². The number of benzene rings is 6. The van der Waals surface area contributed by atoms with Gasteiger partial charge in [0.25, 0.3) is 0 Å². The van der Waals surface area contributed by atoms with Crippen molar-refractivity contribution in [1.82, 2.24) is 0 Å². The average Bonchev–Trinajstić information content (AvgIpc) is 2.90. The first-order valence-electron chi connectivity index (χ1n) is 11.7. The zero-order valence-electron chi connectivity index (χ0n) is 19.1. The zero-order chi connectivity index (χ0) is 22.9. The van der Waals surface area contributed by atoms with Crippen LogP contribution in [-0.2, 0) is 0 Å². The highest BCUT2D eigenvalue weighted by molar-refractivity contribution is 6.00. The average molecular weight is 436 g/mol. The first-order valence-corrected chi connectivity index (χ1v) is 11.7. The van der Waals surface area contributed by atoms with E-state index in [1.165, 1.54) is 43.9 Å². The number of rotatable bonds is 4. The van der Waals surface area contributed by atoms with E-state index in [0.29, 0.717) is 0 Å². The van der Waals surface area contributed by atoms with Gasteiger partial charge >= 0.3 is 0 Å². The van der Waals surface area contributed by atoms with E-state index in [1.807, 2.05) is 0 Å². The Balaban J connectivity index is 1.54. The third kappa shape index (κ3) is 3.72. The minimum atomic E-state index is 1.14. The summed E-state index contributed by atoms with van der Waals surface area (Å²) in [5.74, 6) is 0. The van der Waals surface area contributed by atoms with E-state index >= 15 is 0 Å². The lowest BCUT2D eigenvalue weighted by atomic mass is 10.0. The highest BCUT2D eigenvalue weighted by Gasteiger charge is 2.16. The van der Waals surface area contributed by atoms with E-state index in [1.54, 1.807) is 0 Å². The molecule has 6 aromatic carbocycles. The molecule has 0 amide bonds. The van der Waals surface area contributed by atoms with Gasteiger partial charge in [-0.25, -0.2) is 0 Å². The Kier molecular flexibility index (Phi) is 5.08. The number of anilines is 3. The van der Waals surface area contributed by atoms with Crippen molar-refractivity contribution < 1.29 is 0 Å². The molecule has 0 fully saturated rings. The molecule has 6 rings (SSSR count). The number of fused-ring (bicyclic) bond motifs is 2. The van der Waals surface area contributed by atoms with E-state index in [0.717, 1.165) is 11.4 Å². The minimum Gasteiger partial charge on any atom is -0.310 e. The van der Waals surface area contributed by atoms with Gasteiger partial charge in [0.15, 0.2) is 0 Å². The molecule has 0 radical (unpaired) electrons. The van der Waals surface area contributed by atoms with Gasteiger partial charge in [0.05, 0.1) is 5.69 Å². The normalized spacial score (nSPS) is 11.1. The third-order valence-electron chi connectivity index (χ3n) is 6.48. The standard InChI is InChI=1S/C33H25N/c1-24-14-15-29-23-31(21-18-28(29)22-24)34(33-13-7-11-27-10-5-6-12-32(27)33)30-19-16-26(17-20-30)25-8-3-2-4-9-25/h2-23H,1H3. The van der Waals surface area contributed by atoms with Crippen LogP contribution in [0, 0.1) is 6.92 Å². The van der Waals surface area contributed by atoms with Crippen LogP contribution < -0.4 is 4.90 Å². The van der Waals surface area contributed by atoms with Crippen LogP contribution >= 0.6 is 0 Å². The largest absolute Gasteiger partial charge is 0.310 e. The highest BCUT2D eigenvalue weighted by Crippen LogP contribution is 2.40. The van der Waals surface area contributed by atoms with Crippen molar-refractivity contribution in [3.8, 4) is 11.1 Å². The van der Waals surface area contributed by atoms with Gasteiger partial charge in [-0.3, -0.25) is 0 Å². The van der Waals surface area contributed by atoms with Gasteiger partial charge in [-0.15, -0.1) is 0 Å². The van der Waals surface area contributed by atoms with Gasteiger partial charge in [0.1, 0.15) is 0 Å². The monoisotopic (exact) mass is 435 g/mol. The smallest absolute Gasteiger partial charge is 0.0540 e. The quantitative estimate of drug-likeness (QED) is 0.266. The topological polar surface area (TPSA) is 3.24 Å². The van der Waals surface area contributed by atoms with E-state index in [2.05, 4.69) is 145 Å². The zero-order valence-corrected chi connectivity index (χ0v) is 19.1. The van der Waals surface area contributed by atoms with Gasteiger partial charge in [-0.1, -0.05) is 109 Å². The maximum absolute atomic E-state index is 2.37. The summed E-state index contributed by atoms with van der Waals surface area (Å²) < 4.78 is 0. The molecule has 34 heavy (non-hydrogen) atoms. The Morgan fingerprint density at radius 1 is 0.441 bits per heavy atom. The van der Waals surface area contributed by atoms with E-state index in [9.17, 15) is 0 Å². The molecule has 0 N–H and O–H groups in total. The number of nitrogens with zero attached hydrogens (tertiary/aromatic N) is 1. The lowest BCUT2D eigenvalue weighted by molar-refractivity contribution is 1.30. The second-order valence-electron chi connectivity index (χ2n) is 8.78. The van der Waals surface area contributed by atoms with Gasteiger partial charge in [0.2, 0.25) is 0 Å². The maximum Gasteiger partial charge on any atom is 0.0540 e. The molecule has 162 valence electrons. The third-order valence-corrected chi connectivity index (χ3v) is 6.48. The molecule has 0 aliphatic rings. The summed E-state index contributed by atoms with van der Waals surface area (Å²) in [7, 11) is 0. The molecule has 0 bridgehead atoms. The Morgan fingerprint density at radius 3 is 1.94 bits per heavy atom. The predicted octanol–water partition coefficient (Wildman–Crippen LogP) is 9.44. The molecule has 1 heteroatoms. The molecule has 1 nitrogen and oxygen atoms in total. The molecule has 0 aliphatic heterocycles. The lowest BCUT2D eigenvalue weighted by Crippen LogP contribution is -2.10. The Labute approximate surface area is 200 Å². The van der Waals surface area contributed by atoms with E-state index in [4.69, 9.17) is 0 Å². The number of hydrogen-bond acceptors (Lipinski definition) is 1. The molecule has 0 saturated carbocycles. The maximum atomic E-state index is 2.37. The SMILES string of the molecule is Cc1ccc2cc(N(c3ccc(-c4ccccc4)cc3)c3cccc4ccccc34)ccc2c1. The lowest BCUT2D eigenvalue weighted by Gasteiger charge is -2.27. The summed E-state index contributed by atoms with van der Waals surface area (Å²) in [6.07, 6.45) is 0. The molecule has 0 atom stereocenters. The van der Waals surface area contributed by atoms with Crippen molar-refractivity contribution in [3.63, 3.8) is 0 Å². The summed E-state index contributed by atoms with van der Waals surface area (Å²) in [6, 6.07) is 48.0. The molecular formula is C33H25N. The van der Waals surface area contributed by atoms with Crippen LogP contribution in [0.15, 0.2) is 133 Å². The fourth-order valence-electron chi connectivity index (χ4n) is 4.76. The summed E-state index contributed by atoms with van der Waals surface area (Å²) in [5.41, 5.74) is 7.20. The Bertz CT molecular complexity index is 1590. The van der Waals surface area contributed by atoms with Crippen molar-refractivity contribution in [2.24, 2.45) is 0 Å². The number of hydrogen-bond donors (Lipinski definition) is 0. The number of aryl methyl sites for hydroxylation is 1. The van der Waals surface area contributed by atoms with Crippen LogP contribution in [0.5, 0.6) is 0 Å². The fraction of sp³-hybridized carbons (Fsp3) is 0.0303. The second kappa shape index (κ2) is 8.53. The van der Waals surface area contributed by atoms with Crippen molar-refractivity contribution in [2.75, 3.05) is 4.90 Å². The van der Waals surface area contributed by atoms with Crippen LogP contribution in [0.25, 0.3) is 32.7 Å². The Hall–Kier alpha value is -4.36.